The van der Waals surface area contributed by atoms with E-state index in [-0.39, 0.29) is 5.91 Å². The predicted octanol–water partition coefficient (Wildman–Crippen LogP) is 5.10. The maximum atomic E-state index is 13.1. The van der Waals surface area contributed by atoms with Gasteiger partial charge in [0, 0.05) is 17.1 Å². The van der Waals surface area contributed by atoms with Gasteiger partial charge in [0.25, 0.3) is 5.91 Å². The molecule has 0 saturated carbocycles. The number of nitrogens with zero attached hydrogens (tertiary/aromatic N) is 2. The average molecular weight is 396 g/mol. The summed E-state index contributed by atoms with van der Waals surface area (Å²) in [6, 6.07) is 22.7. The summed E-state index contributed by atoms with van der Waals surface area (Å²) < 4.78 is 12.9. The van der Waals surface area contributed by atoms with E-state index in [4.69, 9.17) is 9.47 Å². The molecule has 0 spiro atoms. The van der Waals surface area contributed by atoms with E-state index in [1.807, 2.05) is 55.5 Å². The lowest BCUT2D eigenvalue weighted by Gasteiger charge is -2.12. The molecule has 30 heavy (non-hydrogen) atoms. The van der Waals surface area contributed by atoms with E-state index >= 15 is 0 Å². The standard InChI is InChI=1S/C25H20N2O3/c1-17-7-9-18(10-8-17)16-30-23-12-11-19(13-24(23)29-2)25(28)27-15-20(14-26)21-5-3-4-6-22(21)27/h3-13,15H,16H2,1-2H3. The SMILES string of the molecule is COc1cc(C(=O)n2cc(C#N)c3ccccc32)ccc1OCc1ccc(C)cc1. The monoisotopic (exact) mass is 396 g/mol. The molecule has 0 amide bonds. The van der Waals surface area contributed by atoms with Gasteiger partial charge in [0.2, 0.25) is 0 Å². The highest BCUT2D eigenvalue weighted by Gasteiger charge is 2.17. The molecule has 5 heteroatoms. The Hall–Kier alpha value is -4.04. The van der Waals surface area contributed by atoms with Crippen molar-refractivity contribution in [1.29, 1.82) is 5.26 Å². The molecule has 0 atom stereocenters. The van der Waals surface area contributed by atoms with Gasteiger partial charge in [0.1, 0.15) is 12.7 Å². The molecule has 0 aliphatic heterocycles. The van der Waals surface area contributed by atoms with Crippen LogP contribution in [0.25, 0.3) is 10.9 Å². The number of fused-ring (bicyclic) bond motifs is 1. The molecule has 0 bridgehead atoms. The Morgan fingerprint density at radius 3 is 2.53 bits per heavy atom. The highest BCUT2D eigenvalue weighted by Crippen LogP contribution is 2.30. The fourth-order valence-electron chi connectivity index (χ4n) is 3.34. The summed E-state index contributed by atoms with van der Waals surface area (Å²) in [5.74, 6) is 0.797. The van der Waals surface area contributed by atoms with Crippen molar-refractivity contribution in [2.24, 2.45) is 0 Å². The minimum absolute atomic E-state index is 0.240. The molecular formula is C25H20N2O3. The van der Waals surface area contributed by atoms with E-state index in [1.165, 1.54) is 10.1 Å². The largest absolute Gasteiger partial charge is 0.493 e. The van der Waals surface area contributed by atoms with E-state index in [9.17, 15) is 10.1 Å². The van der Waals surface area contributed by atoms with E-state index in [2.05, 4.69) is 6.07 Å². The zero-order chi connectivity index (χ0) is 21.1. The molecule has 0 aliphatic rings. The molecular weight excluding hydrogens is 376 g/mol. The van der Waals surface area contributed by atoms with Gasteiger partial charge >= 0.3 is 0 Å². The van der Waals surface area contributed by atoms with Crippen molar-refractivity contribution in [3.63, 3.8) is 0 Å². The quantitative estimate of drug-likeness (QED) is 0.471. The number of benzene rings is 3. The van der Waals surface area contributed by atoms with Crippen LogP contribution in [0.2, 0.25) is 0 Å². The number of para-hydroxylation sites is 1. The number of carbonyl (C=O) groups is 1. The van der Waals surface area contributed by atoms with Crippen LogP contribution in [0.5, 0.6) is 11.5 Å². The van der Waals surface area contributed by atoms with Crippen LogP contribution < -0.4 is 9.47 Å². The Morgan fingerprint density at radius 2 is 1.80 bits per heavy atom. The number of aryl methyl sites for hydroxylation is 1. The first-order valence-electron chi connectivity index (χ1n) is 9.52. The van der Waals surface area contributed by atoms with Gasteiger partial charge in [-0.15, -0.1) is 0 Å². The van der Waals surface area contributed by atoms with Gasteiger partial charge in [-0.05, 0) is 36.8 Å². The second kappa shape index (κ2) is 8.14. The van der Waals surface area contributed by atoms with E-state index in [0.29, 0.717) is 34.7 Å². The number of carbonyl (C=O) groups excluding carboxylic acids is 1. The van der Waals surface area contributed by atoms with Crippen molar-refractivity contribution >= 4 is 16.8 Å². The Morgan fingerprint density at radius 1 is 1.03 bits per heavy atom. The maximum Gasteiger partial charge on any atom is 0.262 e. The summed E-state index contributed by atoms with van der Waals surface area (Å²) >= 11 is 0. The first-order chi connectivity index (χ1) is 14.6. The van der Waals surface area contributed by atoms with Gasteiger partial charge in [-0.3, -0.25) is 9.36 Å². The molecule has 3 aromatic carbocycles. The third-order valence-corrected chi connectivity index (χ3v) is 4.98. The summed E-state index contributed by atoms with van der Waals surface area (Å²) in [5, 5.41) is 10.1. The smallest absolute Gasteiger partial charge is 0.262 e. The number of nitriles is 1. The second-order valence-electron chi connectivity index (χ2n) is 6.99. The number of aromatic nitrogens is 1. The van der Waals surface area contributed by atoms with Crippen molar-refractivity contribution < 1.29 is 14.3 Å². The van der Waals surface area contributed by atoms with Crippen LogP contribution in [0, 0.1) is 18.3 Å². The van der Waals surface area contributed by atoms with Crippen molar-refractivity contribution in [2.45, 2.75) is 13.5 Å². The van der Waals surface area contributed by atoms with E-state index in [1.54, 1.807) is 31.5 Å². The van der Waals surface area contributed by atoms with Crippen molar-refractivity contribution in [3.05, 3.63) is 95.2 Å². The Bertz CT molecular complexity index is 1260. The second-order valence-corrected chi connectivity index (χ2v) is 6.99. The molecule has 5 nitrogen and oxygen atoms in total. The molecule has 0 fully saturated rings. The molecule has 0 aliphatic carbocycles. The lowest BCUT2D eigenvalue weighted by atomic mass is 10.1. The molecule has 148 valence electrons. The zero-order valence-electron chi connectivity index (χ0n) is 16.8. The van der Waals surface area contributed by atoms with Crippen LogP contribution in [0.4, 0.5) is 0 Å². The van der Waals surface area contributed by atoms with Gasteiger partial charge in [-0.2, -0.15) is 5.26 Å². The molecule has 0 N–H and O–H groups in total. The molecule has 4 rings (SSSR count). The van der Waals surface area contributed by atoms with Crippen LogP contribution in [0.3, 0.4) is 0 Å². The third-order valence-electron chi connectivity index (χ3n) is 4.98. The van der Waals surface area contributed by atoms with E-state index in [0.717, 1.165) is 10.9 Å². The van der Waals surface area contributed by atoms with Crippen LogP contribution in [-0.2, 0) is 6.61 Å². The van der Waals surface area contributed by atoms with Crippen LogP contribution in [-0.4, -0.2) is 17.6 Å². The fraction of sp³-hybridized carbons (Fsp3) is 0.120. The summed E-state index contributed by atoms with van der Waals surface area (Å²) in [7, 11) is 1.54. The van der Waals surface area contributed by atoms with Crippen molar-refractivity contribution in [2.75, 3.05) is 7.11 Å². The third kappa shape index (κ3) is 3.63. The Kier molecular flexibility index (Phi) is 5.23. The molecule has 1 heterocycles. The summed E-state index contributed by atoms with van der Waals surface area (Å²) in [5.41, 5.74) is 3.84. The minimum atomic E-state index is -0.240. The normalized spacial score (nSPS) is 10.6. The number of methoxy groups -OCH3 is 1. The highest BCUT2D eigenvalue weighted by molar-refractivity contribution is 6.03. The van der Waals surface area contributed by atoms with Crippen LogP contribution >= 0.6 is 0 Å². The number of ether oxygens (including phenoxy) is 2. The predicted molar refractivity (Wildman–Crippen MR) is 115 cm³/mol. The Labute approximate surface area is 174 Å². The van der Waals surface area contributed by atoms with Crippen LogP contribution in [0.1, 0.15) is 27.0 Å². The molecule has 4 aromatic rings. The lowest BCUT2D eigenvalue weighted by Crippen LogP contribution is -2.11. The average Bonchev–Trinajstić information content (AvgIpc) is 3.17. The first-order valence-corrected chi connectivity index (χ1v) is 9.52. The molecule has 0 saturated heterocycles. The maximum absolute atomic E-state index is 13.1. The number of rotatable bonds is 5. The van der Waals surface area contributed by atoms with Gasteiger partial charge in [-0.1, -0.05) is 48.0 Å². The van der Waals surface area contributed by atoms with Crippen molar-refractivity contribution in [3.8, 4) is 17.6 Å². The number of hydrogen-bond acceptors (Lipinski definition) is 4. The zero-order valence-corrected chi connectivity index (χ0v) is 16.8. The lowest BCUT2D eigenvalue weighted by molar-refractivity contribution is 0.0964. The highest BCUT2D eigenvalue weighted by atomic mass is 16.5. The summed E-state index contributed by atoms with van der Waals surface area (Å²) in [6.45, 7) is 2.44. The Balaban J connectivity index is 1.62. The van der Waals surface area contributed by atoms with Gasteiger partial charge in [0.15, 0.2) is 11.5 Å². The van der Waals surface area contributed by atoms with Gasteiger partial charge < -0.3 is 9.47 Å². The topological polar surface area (TPSA) is 64.2 Å². The van der Waals surface area contributed by atoms with E-state index < -0.39 is 0 Å². The minimum Gasteiger partial charge on any atom is -0.493 e. The van der Waals surface area contributed by atoms with Crippen LogP contribution in [0.15, 0.2) is 72.9 Å². The molecule has 0 unspecified atom stereocenters. The van der Waals surface area contributed by atoms with Gasteiger partial charge in [-0.25, -0.2) is 0 Å². The number of hydrogen-bond donors (Lipinski definition) is 0. The summed E-state index contributed by atoms with van der Waals surface area (Å²) in [4.78, 5) is 13.1. The summed E-state index contributed by atoms with van der Waals surface area (Å²) in [6.07, 6.45) is 1.57. The first kappa shape index (κ1) is 19.3. The fourth-order valence-corrected chi connectivity index (χ4v) is 3.34. The van der Waals surface area contributed by atoms with Gasteiger partial charge in [0.05, 0.1) is 18.2 Å². The molecule has 0 radical (unpaired) electrons. The van der Waals surface area contributed by atoms with Crippen molar-refractivity contribution in [1.82, 2.24) is 4.57 Å². The molecule has 1 aromatic heterocycles.